The van der Waals surface area contributed by atoms with Crippen molar-refractivity contribution < 1.29 is 9.90 Å². The van der Waals surface area contributed by atoms with Gasteiger partial charge in [-0.3, -0.25) is 4.79 Å². The van der Waals surface area contributed by atoms with Crippen molar-refractivity contribution >= 4 is 5.91 Å². The van der Waals surface area contributed by atoms with Crippen molar-refractivity contribution in [2.75, 3.05) is 6.61 Å². The van der Waals surface area contributed by atoms with Crippen molar-refractivity contribution in [2.24, 2.45) is 5.92 Å². The van der Waals surface area contributed by atoms with E-state index in [1.165, 1.54) is 0 Å². The Morgan fingerprint density at radius 1 is 1.29 bits per heavy atom. The number of aliphatic hydroxyl groups excluding tert-OH is 1. The number of amides is 1. The molecule has 0 aliphatic heterocycles. The first-order valence-electron chi connectivity index (χ1n) is 6.08. The van der Waals surface area contributed by atoms with Gasteiger partial charge in [0.25, 0.3) is 0 Å². The second-order valence-electron chi connectivity index (χ2n) is 4.65. The third kappa shape index (κ3) is 5.00. The van der Waals surface area contributed by atoms with Crippen molar-refractivity contribution in [3.63, 3.8) is 0 Å². The minimum absolute atomic E-state index is 0.00148. The number of aliphatic hydroxyl groups is 1. The summed E-state index contributed by atoms with van der Waals surface area (Å²) in [6, 6.07) is 9.23. The first-order valence-corrected chi connectivity index (χ1v) is 6.08. The Bertz CT molecular complexity index is 335. The zero-order chi connectivity index (χ0) is 12.7. The molecule has 17 heavy (non-hydrogen) atoms. The maximum absolute atomic E-state index is 11.7. The number of hydrogen-bond acceptors (Lipinski definition) is 2. The Morgan fingerprint density at radius 3 is 2.47 bits per heavy atom. The largest absolute Gasteiger partial charge is 0.394 e. The Hall–Kier alpha value is -1.35. The van der Waals surface area contributed by atoms with E-state index in [0.29, 0.717) is 12.3 Å². The number of hydrogen-bond donors (Lipinski definition) is 2. The molecule has 0 radical (unpaired) electrons. The fraction of sp³-hybridized carbons (Fsp3) is 0.500. The number of nitrogens with one attached hydrogen (secondary N) is 1. The van der Waals surface area contributed by atoms with Crippen molar-refractivity contribution in [1.82, 2.24) is 5.32 Å². The van der Waals surface area contributed by atoms with E-state index in [4.69, 9.17) is 0 Å². The van der Waals surface area contributed by atoms with Gasteiger partial charge >= 0.3 is 0 Å². The van der Waals surface area contributed by atoms with Crippen LogP contribution in [0.3, 0.4) is 0 Å². The van der Waals surface area contributed by atoms with Gasteiger partial charge in [0.2, 0.25) is 5.91 Å². The lowest BCUT2D eigenvalue weighted by Gasteiger charge is -2.17. The minimum Gasteiger partial charge on any atom is -0.394 e. The van der Waals surface area contributed by atoms with Crippen molar-refractivity contribution in [3.05, 3.63) is 35.9 Å². The molecular formula is C14H21NO2. The van der Waals surface area contributed by atoms with Crippen LogP contribution in [-0.2, 0) is 4.79 Å². The fourth-order valence-corrected chi connectivity index (χ4v) is 1.61. The molecule has 0 bridgehead atoms. The van der Waals surface area contributed by atoms with Crippen LogP contribution in [0.1, 0.15) is 38.3 Å². The average Bonchev–Trinajstić information content (AvgIpc) is 2.34. The molecule has 0 fully saturated rings. The number of carbonyl (C=O) groups is 1. The normalized spacial score (nSPS) is 12.5. The highest BCUT2D eigenvalue weighted by Gasteiger charge is 2.13. The molecule has 0 heterocycles. The molecule has 1 rings (SSSR count). The molecule has 94 valence electrons. The molecular weight excluding hydrogens is 214 g/mol. The van der Waals surface area contributed by atoms with Gasteiger partial charge < -0.3 is 10.4 Å². The summed E-state index contributed by atoms with van der Waals surface area (Å²) in [5, 5.41) is 12.1. The van der Waals surface area contributed by atoms with Crippen LogP contribution in [0, 0.1) is 5.92 Å². The SMILES string of the molecule is CC(C)CCC(=O)N[C@H](CO)c1ccccc1. The molecule has 0 saturated carbocycles. The Morgan fingerprint density at radius 2 is 1.94 bits per heavy atom. The fourth-order valence-electron chi connectivity index (χ4n) is 1.61. The summed E-state index contributed by atoms with van der Waals surface area (Å²) in [4.78, 5) is 11.7. The quantitative estimate of drug-likeness (QED) is 0.794. The van der Waals surface area contributed by atoms with Gasteiger partial charge in [0.1, 0.15) is 0 Å². The molecule has 0 aromatic heterocycles. The maximum Gasteiger partial charge on any atom is 0.220 e. The monoisotopic (exact) mass is 235 g/mol. The molecule has 0 aliphatic rings. The van der Waals surface area contributed by atoms with Crippen LogP contribution in [0.4, 0.5) is 0 Å². The molecule has 1 aromatic rings. The molecule has 0 spiro atoms. The smallest absolute Gasteiger partial charge is 0.220 e. The Kier molecular flexibility index (Phi) is 5.70. The van der Waals surface area contributed by atoms with Crippen LogP contribution in [0.2, 0.25) is 0 Å². The topological polar surface area (TPSA) is 49.3 Å². The lowest BCUT2D eigenvalue weighted by Crippen LogP contribution is -2.30. The summed E-state index contributed by atoms with van der Waals surface area (Å²) >= 11 is 0. The number of carbonyl (C=O) groups excluding carboxylic acids is 1. The summed E-state index contributed by atoms with van der Waals surface area (Å²) in [6.07, 6.45) is 1.39. The van der Waals surface area contributed by atoms with Crippen LogP contribution >= 0.6 is 0 Å². The first-order chi connectivity index (χ1) is 8.13. The van der Waals surface area contributed by atoms with E-state index in [1.54, 1.807) is 0 Å². The van der Waals surface area contributed by atoms with E-state index in [0.717, 1.165) is 12.0 Å². The highest BCUT2D eigenvalue weighted by molar-refractivity contribution is 5.76. The summed E-state index contributed by atoms with van der Waals surface area (Å²) in [5.41, 5.74) is 0.938. The highest BCUT2D eigenvalue weighted by atomic mass is 16.3. The zero-order valence-electron chi connectivity index (χ0n) is 10.5. The van der Waals surface area contributed by atoms with E-state index >= 15 is 0 Å². The highest BCUT2D eigenvalue weighted by Crippen LogP contribution is 2.12. The Balaban J connectivity index is 2.50. The molecule has 0 unspecified atom stereocenters. The van der Waals surface area contributed by atoms with E-state index in [2.05, 4.69) is 19.2 Å². The molecule has 1 amide bonds. The van der Waals surface area contributed by atoms with Gasteiger partial charge in [0.15, 0.2) is 0 Å². The van der Waals surface area contributed by atoms with Crippen LogP contribution in [0.15, 0.2) is 30.3 Å². The predicted octanol–water partition coefficient (Wildman–Crippen LogP) is 2.27. The van der Waals surface area contributed by atoms with Gasteiger partial charge in [-0.05, 0) is 17.9 Å². The second kappa shape index (κ2) is 7.07. The van der Waals surface area contributed by atoms with Gasteiger partial charge in [0, 0.05) is 6.42 Å². The molecule has 0 aliphatic carbocycles. The lowest BCUT2D eigenvalue weighted by atomic mass is 10.1. The lowest BCUT2D eigenvalue weighted by molar-refractivity contribution is -0.122. The molecule has 0 saturated heterocycles. The van der Waals surface area contributed by atoms with Gasteiger partial charge in [-0.25, -0.2) is 0 Å². The summed E-state index contributed by atoms with van der Waals surface area (Å²) in [6.45, 7) is 4.11. The van der Waals surface area contributed by atoms with Crippen LogP contribution in [0.25, 0.3) is 0 Å². The standard InChI is InChI=1S/C14H21NO2/c1-11(2)8-9-14(17)15-13(10-16)12-6-4-3-5-7-12/h3-7,11,13,16H,8-10H2,1-2H3,(H,15,17)/t13-/m1/s1. The van der Waals surface area contributed by atoms with Gasteiger partial charge in [-0.1, -0.05) is 44.2 Å². The predicted molar refractivity (Wildman–Crippen MR) is 68.5 cm³/mol. The molecule has 1 aromatic carbocycles. The van der Waals surface area contributed by atoms with Crippen LogP contribution < -0.4 is 5.32 Å². The van der Waals surface area contributed by atoms with Gasteiger partial charge in [-0.2, -0.15) is 0 Å². The molecule has 3 heteroatoms. The van der Waals surface area contributed by atoms with E-state index in [1.807, 2.05) is 30.3 Å². The zero-order valence-corrected chi connectivity index (χ0v) is 10.5. The van der Waals surface area contributed by atoms with Crippen molar-refractivity contribution in [3.8, 4) is 0 Å². The molecule has 3 nitrogen and oxygen atoms in total. The van der Waals surface area contributed by atoms with Crippen molar-refractivity contribution in [1.29, 1.82) is 0 Å². The molecule has 1 atom stereocenters. The molecule has 2 N–H and O–H groups in total. The van der Waals surface area contributed by atoms with Crippen LogP contribution in [0.5, 0.6) is 0 Å². The second-order valence-corrected chi connectivity index (χ2v) is 4.65. The third-order valence-electron chi connectivity index (χ3n) is 2.67. The third-order valence-corrected chi connectivity index (χ3v) is 2.67. The minimum atomic E-state index is -0.295. The summed E-state index contributed by atoms with van der Waals surface area (Å²) in [5.74, 6) is 0.520. The van der Waals surface area contributed by atoms with E-state index in [-0.39, 0.29) is 18.6 Å². The van der Waals surface area contributed by atoms with Gasteiger partial charge in [0.05, 0.1) is 12.6 Å². The van der Waals surface area contributed by atoms with E-state index in [9.17, 15) is 9.90 Å². The van der Waals surface area contributed by atoms with Crippen LogP contribution in [-0.4, -0.2) is 17.6 Å². The summed E-state index contributed by atoms with van der Waals surface area (Å²) in [7, 11) is 0. The first kappa shape index (κ1) is 13.7. The maximum atomic E-state index is 11.7. The van der Waals surface area contributed by atoms with Crippen molar-refractivity contribution in [2.45, 2.75) is 32.7 Å². The Labute approximate surface area is 103 Å². The average molecular weight is 235 g/mol. The summed E-state index contributed by atoms with van der Waals surface area (Å²) < 4.78 is 0. The van der Waals surface area contributed by atoms with Gasteiger partial charge in [-0.15, -0.1) is 0 Å². The number of benzene rings is 1. The number of rotatable bonds is 6. The van der Waals surface area contributed by atoms with E-state index < -0.39 is 0 Å².